The first-order valence-corrected chi connectivity index (χ1v) is 4.87. The highest BCUT2D eigenvalue weighted by Gasteiger charge is 2.20. The van der Waals surface area contributed by atoms with E-state index in [0.29, 0.717) is 12.1 Å². The van der Waals surface area contributed by atoms with Gasteiger partial charge in [0.15, 0.2) is 0 Å². The molecule has 1 aromatic carbocycles. The quantitative estimate of drug-likeness (QED) is 0.703. The van der Waals surface area contributed by atoms with Gasteiger partial charge in [-0.15, -0.1) is 0 Å². The van der Waals surface area contributed by atoms with Gasteiger partial charge in [-0.3, -0.25) is 0 Å². The number of hydrogen-bond acceptors (Lipinski definition) is 2. The minimum absolute atomic E-state index is 0.355. The van der Waals surface area contributed by atoms with Crippen LogP contribution in [0, 0.1) is 0 Å². The predicted octanol–water partition coefficient (Wildman–Crippen LogP) is 0.918. The van der Waals surface area contributed by atoms with E-state index in [2.05, 4.69) is 35.6 Å². The van der Waals surface area contributed by atoms with E-state index in [1.807, 2.05) is 0 Å². The molecular formula is C11H16N2. The van der Waals surface area contributed by atoms with Gasteiger partial charge >= 0.3 is 0 Å². The third kappa shape index (κ3) is 2.29. The van der Waals surface area contributed by atoms with Gasteiger partial charge in [-0.05, 0) is 18.4 Å². The van der Waals surface area contributed by atoms with E-state index >= 15 is 0 Å². The molecule has 2 rings (SSSR count). The molecule has 0 bridgehead atoms. The second-order valence-electron chi connectivity index (χ2n) is 3.79. The summed E-state index contributed by atoms with van der Waals surface area (Å²) in [5.74, 6) is 0. The van der Waals surface area contributed by atoms with E-state index in [1.54, 1.807) is 0 Å². The molecule has 0 spiro atoms. The van der Waals surface area contributed by atoms with Gasteiger partial charge in [0.05, 0.1) is 0 Å². The standard InChI is InChI=1S/C11H16N2/c12-10-7-11(13-8-10)6-9-4-2-1-3-5-9/h1-5,10-11,13H,6-8,12H2. The van der Waals surface area contributed by atoms with Gasteiger partial charge in [0.1, 0.15) is 0 Å². The SMILES string of the molecule is NC1CNC(Cc2ccccc2)C1. The molecule has 0 aliphatic carbocycles. The topological polar surface area (TPSA) is 38.0 Å². The Morgan fingerprint density at radius 1 is 1.31 bits per heavy atom. The summed E-state index contributed by atoms with van der Waals surface area (Å²) in [6.07, 6.45) is 2.21. The summed E-state index contributed by atoms with van der Waals surface area (Å²) < 4.78 is 0. The van der Waals surface area contributed by atoms with Crippen molar-refractivity contribution in [3.8, 4) is 0 Å². The van der Waals surface area contributed by atoms with E-state index in [-0.39, 0.29) is 0 Å². The van der Waals surface area contributed by atoms with Crippen molar-refractivity contribution in [3.05, 3.63) is 35.9 Å². The van der Waals surface area contributed by atoms with Gasteiger partial charge < -0.3 is 11.1 Å². The van der Waals surface area contributed by atoms with Crippen molar-refractivity contribution in [2.24, 2.45) is 5.73 Å². The molecule has 1 aromatic rings. The van der Waals surface area contributed by atoms with Crippen LogP contribution in [0.4, 0.5) is 0 Å². The molecule has 13 heavy (non-hydrogen) atoms. The van der Waals surface area contributed by atoms with Crippen LogP contribution in [-0.2, 0) is 6.42 Å². The van der Waals surface area contributed by atoms with Crippen molar-refractivity contribution in [1.82, 2.24) is 5.32 Å². The van der Waals surface area contributed by atoms with Crippen LogP contribution in [0.2, 0.25) is 0 Å². The number of rotatable bonds is 2. The third-order valence-electron chi connectivity index (χ3n) is 2.58. The van der Waals surface area contributed by atoms with Gasteiger partial charge in [-0.25, -0.2) is 0 Å². The Morgan fingerprint density at radius 3 is 2.69 bits per heavy atom. The van der Waals surface area contributed by atoms with Crippen molar-refractivity contribution in [3.63, 3.8) is 0 Å². The first-order chi connectivity index (χ1) is 6.34. The van der Waals surface area contributed by atoms with Crippen LogP contribution in [0.5, 0.6) is 0 Å². The van der Waals surface area contributed by atoms with E-state index in [1.165, 1.54) is 5.56 Å². The van der Waals surface area contributed by atoms with Crippen molar-refractivity contribution in [1.29, 1.82) is 0 Å². The summed E-state index contributed by atoms with van der Waals surface area (Å²) >= 11 is 0. The maximum atomic E-state index is 5.82. The molecule has 2 nitrogen and oxygen atoms in total. The van der Waals surface area contributed by atoms with Gasteiger partial charge in [0, 0.05) is 18.6 Å². The summed E-state index contributed by atoms with van der Waals surface area (Å²) in [7, 11) is 0. The first kappa shape index (κ1) is 8.73. The predicted molar refractivity (Wildman–Crippen MR) is 54.5 cm³/mol. The molecule has 70 valence electrons. The summed E-state index contributed by atoms with van der Waals surface area (Å²) in [5, 5.41) is 3.43. The molecule has 1 aliphatic rings. The lowest BCUT2D eigenvalue weighted by molar-refractivity contribution is 0.597. The third-order valence-corrected chi connectivity index (χ3v) is 2.58. The van der Waals surface area contributed by atoms with Crippen LogP contribution in [-0.4, -0.2) is 18.6 Å². The lowest BCUT2D eigenvalue weighted by Crippen LogP contribution is -2.24. The zero-order valence-corrected chi connectivity index (χ0v) is 7.74. The molecule has 0 radical (unpaired) electrons. The van der Waals surface area contributed by atoms with Gasteiger partial charge in [0.2, 0.25) is 0 Å². The van der Waals surface area contributed by atoms with Gasteiger partial charge in [-0.2, -0.15) is 0 Å². The molecule has 3 N–H and O–H groups in total. The van der Waals surface area contributed by atoms with Crippen LogP contribution in [0.25, 0.3) is 0 Å². The molecule has 2 heteroatoms. The fourth-order valence-corrected chi connectivity index (χ4v) is 1.90. The highest BCUT2D eigenvalue weighted by atomic mass is 15.0. The van der Waals surface area contributed by atoms with Gasteiger partial charge in [-0.1, -0.05) is 30.3 Å². The van der Waals surface area contributed by atoms with E-state index in [0.717, 1.165) is 19.4 Å². The fourth-order valence-electron chi connectivity index (χ4n) is 1.90. The molecule has 0 amide bonds. The highest BCUT2D eigenvalue weighted by Crippen LogP contribution is 2.10. The minimum atomic E-state index is 0.355. The Kier molecular flexibility index (Phi) is 2.62. The maximum absolute atomic E-state index is 5.82. The van der Waals surface area contributed by atoms with Crippen LogP contribution >= 0.6 is 0 Å². The Morgan fingerprint density at radius 2 is 2.08 bits per heavy atom. The fraction of sp³-hybridized carbons (Fsp3) is 0.455. The molecule has 0 saturated carbocycles. The number of nitrogens with one attached hydrogen (secondary N) is 1. The average Bonchev–Trinajstić information content (AvgIpc) is 2.53. The van der Waals surface area contributed by atoms with Crippen LogP contribution in [0.1, 0.15) is 12.0 Å². The minimum Gasteiger partial charge on any atom is -0.326 e. The molecule has 1 saturated heterocycles. The Balaban J connectivity index is 1.92. The van der Waals surface area contributed by atoms with Crippen LogP contribution < -0.4 is 11.1 Å². The van der Waals surface area contributed by atoms with Crippen molar-refractivity contribution in [2.45, 2.75) is 24.9 Å². The van der Waals surface area contributed by atoms with Crippen molar-refractivity contribution in [2.75, 3.05) is 6.54 Å². The smallest absolute Gasteiger partial charge is 0.0180 e. The first-order valence-electron chi connectivity index (χ1n) is 4.87. The maximum Gasteiger partial charge on any atom is 0.0180 e. The zero-order chi connectivity index (χ0) is 9.10. The molecule has 1 aliphatic heterocycles. The van der Waals surface area contributed by atoms with Crippen LogP contribution in [0.15, 0.2) is 30.3 Å². The Labute approximate surface area is 79.1 Å². The average molecular weight is 176 g/mol. The lowest BCUT2D eigenvalue weighted by Gasteiger charge is -2.09. The monoisotopic (exact) mass is 176 g/mol. The number of benzene rings is 1. The summed E-state index contributed by atoms with van der Waals surface area (Å²) in [4.78, 5) is 0. The molecule has 2 atom stereocenters. The molecule has 0 aromatic heterocycles. The Bertz CT molecular complexity index is 258. The van der Waals surface area contributed by atoms with E-state index < -0.39 is 0 Å². The molecule has 2 unspecified atom stereocenters. The highest BCUT2D eigenvalue weighted by molar-refractivity contribution is 5.16. The van der Waals surface area contributed by atoms with Crippen molar-refractivity contribution >= 4 is 0 Å². The number of hydrogen-bond donors (Lipinski definition) is 2. The second kappa shape index (κ2) is 3.90. The lowest BCUT2D eigenvalue weighted by atomic mass is 10.0. The molecule has 1 heterocycles. The Hall–Kier alpha value is -0.860. The summed E-state index contributed by atoms with van der Waals surface area (Å²) in [6, 6.07) is 11.5. The van der Waals surface area contributed by atoms with Gasteiger partial charge in [0.25, 0.3) is 0 Å². The number of nitrogens with two attached hydrogens (primary N) is 1. The zero-order valence-electron chi connectivity index (χ0n) is 7.74. The van der Waals surface area contributed by atoms with Crippen molar-refractivity contribution < 1.29 is 0 Å². The molecule has 1 fully saturated rings. The normalized spacial score (nSPS) is 27.8. The molecular weight excluding hydrogens is 160 g/mol. The van der Waals surface area contributed by atoms with E-state index in [4.69, 9.17) is 5.73 Å². The summed E-state index contributed by atoms with van der Waals surface area (Å²) in [5.41, 5.74) is 7.21. The second-order valence-corrected chi connectivity index (χ2v) is 3.79. The summed E-state index contributed by atoms with van der Waals surface area (Å²) in [6.45, 7) is 0.970. The van der Waals surface area contributed by atoms with Crippen LogP contribution in [0.3, 0.4) is 0 Å². The van der Waals surface area contributed by atoms with E-state index in [9.17, 15) is 0 Å². The largest absolute Gasteiger partial charge is 0.326 e.